The van der Waals surface area contributed by atoms with Crippen molar-refractivity contribution in [3.05, 3.63) is 22.5 Å². The Bertz CT molecular complexity index is 379. The van der Waals surface area contributed by atoms with Crippen molar-refractivity contribution >= 4 is 23.3 Å². The Morgan fingerprint density at radius 2 is 2.46 bits per heavy atom. The van der Waals surface area contributed by atoms with E-state index in [0.29, 0.717) is 5.69 Å². The number of carbonyl (C=O) groups is 1. The summed E-state index contributed by atoms with van der Waals surface area (Å²) in [6.07, 6.45) is 2.42. The molecule has 1 aromatic heterocycles. The van der Waals surface area contributed by atoms with Crippen molar-refractivity contribution in [3.63, 3.8) is 0 Å². The fourth-order valence-corrected chi connectivity index (χ4v) is 1.66. The first kappa shape index (κ1) is 8.31. The Kier molecular flexibility index (Phi) is 1.84. The quantitative estimate of drug-likeness (QED) is 0.670. The van der Waals surface area contributed by atoms with Crippen molar-refractivity contribution in [2.75, 3.05) is 11.9 Å². The van der Waals surface area contributed by atoms with Crippen molar-refractivity contribution in [1.82, 2.24) is 4.98 Å². The van der Waals surface area contributed by atoms with Crippen molar-refractivity contribution < 1.29 is 9.90 Å². The van der Waals surface area contributed by atoms with Crippen LogP contribution >= 0.6 is 11.6 Å². The van der Waals surface area contributed by atoms with Crippen LogP contribution in [0, 0.1) is 0 Å². The molecule has 0 saturated heterocycles. The second-order valence-electron chi connectivity index (χ2n) is 2.81. The highest BCUT2D eigenvalue weighted by atomic mass is 35.5. The van der Waals surface area contributed by atoms with Crippen LogP contribution in [0.25, 0.3) is 0 Å². The van der Waals surface area contributed by atoms with Gasteiger partial charge in [-0.2, -0.15) is 0 Å². The van der Waals surface area contributed by atoms with Crippen LogP contribution in [0.5, 0.6) is 0 Å². The molecule has 0 fully saturated rings. The lowest BCUT2D eigenvalue weighted by molar-refractivity contribution is 0.0697. The highest BCUT2D eigenvalue weighted by molar-refractivity contribution is 6.33. The van der Waals surface area contributed by atoms with E-state index >= 15 is 0 Å². The third kappa shape index (κ3) is 1.23. The zero-order chi connectivity index (χ0) is 9.42. The summed E-state index contributed by atoms with van der Waals surface area (Å²) in [5.74, 6) is -1.04. The lowest BCUT2D eigenvalue weighted by Gasteiger charge is -2.05. The van der Waals surface area contributed by atoms with Gasteiger partial charge >= 0.3 is 5.97 Å². The molecule has 5 heteroatoms. The number of halogens is 1. The van der Waals surface area contributed by atoms with Crippen LogP contribution in [0.3, 0.4) is 0 Å². The summed E-state index contributed by atoms with van der Waals surface area (Å²) < 4.78 is 0. The molecule has 1 aliphatic heterocycles. The molecule has 0 spiro atoms. The van der Waals surface area contributed by atoms with Gasteiger partial charge in [-0.25, -0.2) is 9.78 Å². The molecule has 68 valence electrons. The van der Waals surface area contributed by atoms with Gasteiger partial charge in [0.1, 0.15) is 10.7 Å². The van der Waals surface area contributed by atoms with E-state index in [9.17, 15) is 4.79 Å². The van der Waals surface area contributed by atoms with Crippen LogP contribution in [0.2, 0.25) is 5.15 Å². The number of aromatic carboxylic acids is 1. The van der Waals surface area contributed by atoms with E-state index in [-0.39, 0.29) is 10.7 Å². The number of hydrogen-bond donors (Lipinski definition) is 2. The number of hydrogen-bond acceptors (Lipinski definition) is 3. The van der Waals surface area contributed by atoms with Crippen LogP contribution in [0.1, 0.15) is 15.9 Å². The number of carboxylic acid groups (broad SMARTS) is 1. The molecule has 0 amide bonds. The lowest BCUT2D eigenvalue weighted by atomic mass is 10.1. The summed E-state index contributed by atoms with van der Waals surface area (Å²) in [7, 11) is 0. The van der Waals surface area contributed by atoms with E-state index < -0.39 is 5.97 Å². The first-order valence-corrected chi connectivity index (χ1v) is 4.22. The molecule has 0 bridgehead atoms. The van der Waals surface area contributed by atoms with Crippen molar-refractivity contribution in [2.45, 2.75) is 6.42 Å². The minimum absolute atomic E-state index is 0.0423. The van der Waals surface area contributed by atoms with Gasteiger partial charge in [0, 0.05) is 12.7 Å². The lowest BCUT2D eigenvalue weighted by Crippen LogP contribution is -2.04. The topological polar surface area (TPSA) is 62.2 Å². The van der Waals surface area contributed by atoms with E-state index in [1.165, 1.54) is 0 Å². The minimum Gasteiger partial charge on any atom is -0.478 e. The molecular weight excluding hydrogens is 192 g/mol. The number of nitrogens with one attached hydrogen (secondary N) is 1. The Morgan fingerprint density at radius 3 is 3.15 bits per heavy atom. The SMILES string of the molecule is O=C(O)c1c(Cl)ncc2c1NCC2. The van der Waals surface area contributed by atoms with Crippen LogP contribution < -0.4 is 5.32 Å². The summed E-state index contributed by atoms with van der Waals surface area (Å²) in [5.41, 5.74) is 1.62. The number of pyridine rings is 1. The molecule has 0 saturated carbocycles. The number of aromatic nitrogens is 1. The number of carboxylic acids is 1. The maximum absolute atomic E-state index is 10.8. The van der Waals surface area contributed by atoms with Gasteiger partial charge in [0.15, 0.2) is 0 Å². The first-order valence-electron chi connectivity index (χ1n) is 3.84. The molecule has 0 unspecified atom stereocenters. The zero-order valence-corrected chi connectivity index (χ0v) is 7.43. The van der Waals surface area contributed by atoms with E-state index in [2.05, 4.69) is 10.3 Å². The van der Waals surface area contributed by atoms with E-state index in [1.54, 1.807) is 6.20 Å². The second-order valence-corrected chi connectivity index (χ2v) is 3.16. The van der Waals surface area contributed by atoms with E-state index in [0.717, 1.165) is 18.5 Å². The molecule has 13 heavy (non-hydrogen) atoms. The fraction of sp³-hybridized carbons (Fsp3) is 0.250. The smallest absolute Gasteiger partial charge is 0.340 e. The normalized spacial score (nSPS) is 13.6. The predicted octanol–water partition coefficient (Wildman–Crippen LogP) is 1.40. The molecule has 1 aliphatic rings. The largest absolute Gasteiger partial charge is 0.478 e. The van der Waals surface area contributed by atoms with Gasteiger partial charge in [-0.3, -0.25) is 0 Å². The Labute approximate surface area is 79.5 Å². The minimum atomic E-state index is -1.04. The summed E-state index contributed by atoms with van der Waals surface area (Å²) >= 11 is 5.67. The van der Waals surface area contributed by atoms with Gasteiger partial charge in [0.05, 0.1) is 5.69 Å². The highest BCUT2D eigenvalue weighted by Crippen LogP contribution is 2.29. The van der Waals surface area contributed by atoms with Gasteiger partial charge in [0.25, 0.3) is 0 Å². The Morgan fingerprint density at radius 1 is 1.69 bits per heavy atom. The second kappa shape index (κ2) is 2.88. The summed E-state index contributed by atoms with van der Waals surface area (Å²) in [5, 5.41) is 11.9. The summed E-state index contributed by atoms with van der Waals surface area (Å²) in [6.45, 7) is 0.748. The molecule has 2 rings (SSSR count). The molecule has 0 aromatic carbocycles. The molecular formula is C8H7ClN2O2. The van der Waals surface area contributed by atoms with Crippen LogP contribution in [0.15, 0.2) is 6.20 Å². The van der Waals surface area contributed by atoms with Crippen molar-refractivity contribution in [1.29, 1.82) is 0 Å². The predicted molar refractivity (Wildman–Crippen MR) is 48.4 cm³/mol. The maximum atomic E-state index is 10.8. The summed E-state index contributed by atoms with van der Waals surface area (Å²) in [6, 6.07) is 0. The van der Waals surface area contributed by atoms with Gasteiger partial charge < -0.3 is 10.4 Å². The molecule has 0 atom stereocenters. The van der Waals surface area contributed by atoms with E-state index in [1.807, 2.05) is 0 Å². The first-order chi connectivity index (χ1) is 6.20. The van der Waals surface area contributed by atoms with Gasteiger partial charge in [-0.05, 0) is 12.0 Å². The molecule has 0 aliphatic carbocycles. The summed E-state index contributed by atoms with van der Waals surface area (Å²) in [4.78, 5) is 14.6. The monoisotopic (exact) mass is 198 g/mol. The number of nitrogens with zero attached hydrogens (tertiary/aromatic N) is 1. The van der Waals surface area contributed by atoms with Crippen LogP contribution in [0.4, 0.5) is 5.69 Å². The zero-order valence-electron chi connectivity index (χ0n) is 6.67. The Hall–Kier alpha value is -1.29. The molecule has 0 radical (unpaired) electrons. The maximum Gasteiger partial charge on any atom is 0.340 e. The number of rotatable bonds is 1. The number of anilines is 1. The molecule has 4 nitrogen and oxygen atoms in total. The van der Waals surface area contributed by atoms with E-state index in [4.69, 9.17) is 16.7 Å². The standard InChI is InChI=1S/C8H7ClN2O2/c9-7-5(8(12)13)6-4(3-11-7)1-2-10-6/h3,10H,1-2H2,(H,12,13). The van der Waals surface area contributed by atoms with Crippen LogP contribution in [-0.2, 0) is 6.42 Å². The average molecular weight is 199 g/mol. The molecule has 2 N–H and O–H groups in total. The third-order valence-corrected chi connectivity index (χ3v) is 2.31. The van der Waals surface area contributed by atoms with Gasteiger partial charge in [-0.1, -0.05) is 11.6 Å². The van der Waals surface area contributed by atoms with Crippen molar-refractivity contribution in [2.24, 2.45) is 0 Å². The average Bonchev–Trinajstić information content (AvgIpc) is 2.50. The highest BCUT2D eigenvalue weighted by Gasteiger charge is 2.22. The third-order valence-electron chi connectivity index (χ3n) is 2.02. The van der Waals surface area contributed by atoms with Gasteiger partial charge in [0.2, 0.25) is 0 Å². The molecule has 1 aromatic rings. The molecule has 2 heterocycles. The van der Waals surface area contributed by atoms with Crippen molar-refractivity contribution in [3.8, 4) is 0 Å². The number of fused-ring (bicyclic) bond motifs is 1. The van der Waals surface area contributed by atoms with Crippen LogP contribution in [-0.4, -0.2) is 22.6 Å². The Balaban J connectivity index is 2.65. The van der Waals surface area contributed by atoms with Gasteiger partial charge in [-0.15, -0.1) is 0 Å². The fourth-order valence-electron chi connectivity index (χ4n) is 1.44.